The summed E-state index contributed by atoms with van der Waals surface area (Å²) in [5.74, 6) is 0.361. The number of anilines is 1. The lowest BCUT2D eigenvalue weighted by Gasteiger charge is -2.43. The number of hydrogen-bond acceptors (Lipinski definition) is 5. The molecule has 0 radical (unpaired) electrons. The van der Waals surface area contributed by atoms with Crippen LogP contribution in [0.25, 0.3) is 0 Å². The summed E-state index contributed by atoms with van der Waals surface area (Å²) in [7, 11) is 0. The summed E-state index contributed by atoms with van der Waals surface area (Å²) < 4.78 is 42.6. The fourth-order valence-electron chi connectivity index (χ4n) is 2.70. The van der Waals surface area contributed by atoms with Crippen LogP contribution in [0.3, 0.4) is 0 Å². The predicted molar refractivity (Wildman–Crippen MR) is 77.0 cm³/mol. The molecule has 1 aliphatic rings. The summed E-state index contributed by atoms with van der Waals surface area (Å²) in [6, 6.07) is -0.302. The highest BCUT2D eigenvalue weighted by atomic mass is 19.4. The van der Waals surface area contributed by atoms with E-state index in [1.165, 1.54) is 0 Å². The molecule has 23 heavy (non-hydrogen) atoms. The van der Waals surface area contributed by atoms with Crippen LogP contribution in [-0.2, 0) is 10.9 Å². The van der Waals surface area contributed by atoms with E-state index < -0.39 is 11.9 Å². The molecule has 1 saturated heterocycles. The molecule has 0 aliphatic carbocycles. The maximum Gasteiger partial charge on any atom is 0.434 e. The Balaban J connectivity index is 2.11. The van der Waals surface area contributed by atoms with Crippen LogP contribution >= 0.6 is 0 Å². The van der Waals surface area contributed by atoms with Crippen LogP contribution in [0.1, 0.15) is 26.5 Å². The summed E-state index contributed by atoms with van der Waals surface area (Å²) in [5, 5.41) is 0. The standard InChI is InChI=1S/C14H19F3N4O2/c1-4-23-13(22)21-9(2)7-20(8-10(21)3)12-6-18-11(5-19-12)14(15,16)17/h5-6,9-10H,4,7-8H2,1-3H3/t9-,10-/m1/s1. The SMILES string of the molecule is CCOC(=O)N1[C@H](C)CN(c2cnc(C(F)(F)F)cn2)C[C@H]1C. The lowest BCUT2D eigenvalue weighted by Crippen LogP contribution is -2.59. The molecule has 1 aromatic heterocycles. The second-order valence-corrected chi connectivity index (χ2v) is 5.47. The molecule has 2 heterocycles. The number of alkyl halides is 3. The Bertz CT molecular complexity index is 538. The van der Waals surface area contributed by atoms with Gasteiger partial charge < -0.3 is 9.64 Å². The Morgan fingerprint density at radius 2 is 1.87 bits per heavy atom. The molecule has 1 fully saturated rings. The predicted octanol–water partition coefficient (Wildman–Crippen LogP) is 2.55. The van der Waals surface area contributed by atoms with E-state index in [0.29, 0.717) is 25.5 Å². The van der Waals surface area contributed by atoms with Crippen LogP contribution in [0.15, 0.2) is 12.4 Å². The third-order valence-electron chi connectivity index (χ3n) is 3.65. The second-order valence-electron chi connectivity index (χ2n) is 5.47. The van der Waals surface area contributed by atoms with Crippen molar-refractivity contribution >= 4 is 11.9 Å². The molecule has 0 aromatic carbocycles. The van der Waals surface area contributed by atoms with Crippen molar-refractivity contribution in [1.82, 2.24) is 14.9 Å². The number of rotatable bonds is 2. The average Bonchev–Trinajstić information content (AvgIpc) is 2.46. The van der Waals surface area contributed by atoms with Gasteiger partial charge >= 0.3 is 12.3 Å². The Labute approximate surface area is 132 Å². The first kappa shape index (κ1) is 17.3. The smallest absolute Gasteiger partial charge is 0.434 e. The minimum Gasteiger partial charge on any atom is -0.450 e. The number of aromatic nitrogens is 2. The largest absolute Gasteiger partial charge is 0.450 e. The fraction of sp³-hybridized carbons (Fsp3) is 0.643. The third kappa shape index (κ3) is 3.83. The first-order valence-electron chi connectivity index (χ1n) is 7.33. The fourth-order valence-corrected chi connectivity index (χ4v) is 2.70. The van der Waals surface area contributed by atoms with Crippen molar-refractivity contribution in [3.63, 3.8) is 0 Å². The number of carbonyl (C=O) groups excluding carboxylic acids is 1. The summed E-state index contributed by atoms with van der Waals surface area (Å²) in [5.41, 5.74) is -1.02. The van der Waals surface area contributed by atoms with Crippen molar-refractivity contribution in [2.24, 2.45) is 0 Å². The molecule has 0 N–H and O–H groups in total. The normalized spacial score (nSPS) is 22.2. The van der Waals surface area contributed by atoms with Gasteiger partial charge in [-0.05, 0) is 20.8 Å². The van der Waals surface area contributed by atoms with Gasteiger partial charge in [0.2, 0.25) is 0 Å². The van der Waals surface area contributed by atoms with Crippen molar-refractivity contribution in [3.8, 4) is 0 Å². The van der Waals surface area contributed by atoms with Crippen LogP contribution in [0.4, 0.5) is 23.8 Å². The number of ether oxygens (including phenoxy) is 1. The van der Waals surface area contributed by atoms with Gasteiger partial charge in [0.25, 0.3) is 0 Å². The highest BCUT2D eigenvalue weighted by Gasteiger charge is 2.36. The number of halogens is 3. The average molecular weight is 332 g/mol. The van der Waals surface area contributed by atoms with Crippen molar-refractivity contribution in [2.45, 2.75) is 39.0 Å². The van der Waals surface area contributed by atoms with Gasteiger partial charge in [0.1, 0.15) is 5.82 Å². The van der Waals surface area contributed by atoms with Crippen molar-refractivity contribution in [2.75, 3.05) is 24.6 Å². The molecule has 2 rings (SSSR count). The van der Waals surface area contributed by atoms with E-state index in [-0.39, 0.29) is 18.2 Å². The maximum absolute atomic E-state index is 12.5. The van der Waals surface area contributed by atoms with Crippen LogP contribution in [-0.4, -0.2) is 52.7 Å². The lowest BCUT2D eigenvalue weighted by molar-refractivity contribution is -0.141. The van der Waals surface area contributed by atoms with E-state index in [2.05, 4.69) is 9.97 Å². The van der Waals surface area contributed by atoms with Crippen LogP contribution in [0.5, 0.6) is 0 Å². The topological polar surface area (TPSA) is 58.6 Å². The molecule has 0 unspecified atom stereocenters. The van der Waals surface area contributed by atoms with Gasteiger partial charge in [-0.3, -0.25) is 4.90 Å². The lowest BCUT2D eigenvalue weighted by atomic mass is 10.1. The Morgan fingerprint density at radius 1 is 1.26 bits per heavy atom. The van der Waals surface area contributed by atoms with Crippen LogP contribution in [0, 0.1) is 0 Å². The molecule has 0 spiro atoms. The Hall–Kier alpha value is -2.06. The molecule has 6 nitrogen and oxygen atoms in total. The molecular weight excluding hydrogens is 313 g/mol. The molecular formula is C14H19F3N4O2. The van der Waals surface area contributed by atoms with E-state index in [0.717, 1.165) is 12.4 Å². The highest BCUT2D eigenvalue weighted by molar-refractivity contribution is 5.69. The van der Waals surface area contributed by atoms with Crippen molar-refractivity contribution in [3.05, 3.63) is 18.1 Å². The first-order chi connectivity index (χ1) is 10.7. The zero-order valence-corrected chi connectivity index (χ0v) is 13.2. The molecule has 1 aromatic rings. The van der Waals surface area contributed by atoms with Gasteiger partial charge in [0.15, 0.2) is 5.69 Å². The highest BCUT2D eigenvalue weighted by Crippen LogP contribution is 2.28. The van der Waals surface area contributed by atoms with Crippen LogP contribution < -0.4 is 4.90 Å². The number of hydrogen-bond donors (Lipinski definition) is 0. The van der Waals surface area contributed by atoms with Gasteiger partial charge in [-0.1, -0.05) is 0 Å². The minimum absolute atomic E-state index is 0.151. The van der Waals surface area contributed by atoms with Crippen molar-refractivity contribution in [1.29, 1.82) is 0 Å². The quantitative estimate of drug-likeness (QED) is 0.833. The van der Waals surface area contributed by atoms with Gasteiger partial charge in [0.05, 0.1) is 31.1 Å². The summed E-state index contributed by atoms with van der Waals surface area (Å²) in [4.78, 5) is 22.7. The Morgan fingerprint density at radius 3 is 2.30 bits per heavy atom. The molecule has 2 atom stereocenters. The molecule has 9 heteroatoms. The molecule has 1 amide bonds. The van der Waals surface area contributed by atoms with Gasteiger partial charge in [-0.25, -0.2) is 14.8 Å². The third-order valence-corrected chi connectivity index (χ3v) is 3.65. The number of piperazine rings is 1. The van der Waals surface area contributed by atoms with Gasteiger partial charge in [0, 0.05) is 13.1 Å². The van der Waals surface area contributed by atoms with Gasteiger partial charge in [-0.15, -0.1) is 0 Å². The van der Waals surface area contributed by atoms with Gasteiger partial charge in [-0.2, -0.15) is 13.2 Å². The number of carbonyl (C=O) groups is 1. The summed E-state index contributed by atoms with van der Waals surface area (Å²) in [6.07, 6.45) is -3.05. The monoisotopic (exact) mass is 332 g/mol. The first-order valence-corrected chi connectivity index (χ1v) is 7.33. The van der Waals surface area contributed by atoms with E-state index in [1.807, 2.05) is 18.7 Å². The number of amides is 1. The molecule has 128 valence electrons. The van der Waals surface area contributed by atoms with Crippen molar-refractivity contribution < 1.29 is 22.7 Å². The Kier molecular flexibility index (Phi) is 4.96. The minimum atomic E-state index is -4.51. The van der Waals surface area contributed by atoms with E-state index in [9.17, 15) is 18.0 Å². The van der Waals surface area contributed by atoms with E-state index in [1.54, 1.807) is 11.8 Å². The van der Waals surface area contributed by atoms with E-state index >= 15 is 0 Å². The van der Waals surface area contributed by atoms with E-state index in [4.69, 9.17) is 4.74 Å². The molecule has 0 saturated carbocycles. The summed E-state index contributed by atoms with van der Waals surface area (Å²) in [6.45, 7) is 6.64. The number of nitrogens with zero attached hydrogens (tertiary/aromatic N) is 4. The zero-order valence-electron chi connectivity index (χ0n) is 13.2. The second kappa shape index (κ2) is 6.59. The summed E-state index contributed by atoms with van der Waals surface area (Å²) >= 11 is 0. The maximum atomic E-state index is 12.5. The zero-order chi connectivity index (χ0) is 17.2. The molecule has 0 bridgehead atoms. The molecule has 1 aliphatic heterocycles. The van der Waals surface area contributed by atoms with Crippen LogP contribution in [0.2, 0.25) is 0 Å².